The smallest absolute Gasteiger partial charge is 0.414 e. The van der Waals surface area contributed by atoms with Crippen molar-refractivity contribution < 1.29 is 14.3 Å². The zero-order chi connectivity index (χ0) is 22.7. The fraction of sp³-hybridized carbons (Fsp3) is 0.600. The van der Waals surface area contributed by atoms with Crippen LogP contribution in [0.4, 0.5) is 10.5 Å². The van der Waals surface area contributed by atoms with Gasteiger partial charge in [0.25, 0.3) is 0 Å². The Kier molecular flexibility index (Phi) is 7.04. The largest absolute Gasteiger partial charge is 0.489 e. The molecule has 7 heteroatoms. The highest BCUT2D eigenvalue weighted by Gasteiger charge is 2.33. The highest BCUT2D eigenvalue weighted by molar-refractivity contribution is 6.10. The minimum atomic E-state index is -0.340. The number of anilines is 1. The van der Waals surface area contributed by atoms with Crippen molar-refractivity contribution in [1.82, 2.24) is 10.2 Å². The van der Waals surface area contributed by atoms with Gasteiger partial charge in [0.2, 0.25) is 0 Å². The van der Waals surface area contributed by atoms with Gasteiger partial charge in [-0.1, -0.05) is 0 Å². The summed E-state index contributed by atoms with van der Waals surface area (Å²) < 4.78 is 11.6. The van der Waals surface area contributed by atoms with Crippen LogP contribution in [-0.4, -0.2) is 62.6 Å². The average molecular weight is 441 g/mol. The number of ether oxygens (including phenoxy) is 2. The number of likely N-dealkylation sites (tertiary alicyclic amines) is 1. The predicted molar refractivity (Wildman–Crippen MR) is 128 cm³/mol. The van der Waals surface area contributed by atoms with Gasteiger partial charge < -0.3 is 25.1 Å². The number of amides is 1. The summed E-state index contributed by atoms with van der Waals surface area (Å²) in [5, 5.41) is 11.7. The zero-order valence-electron chi connectivity index (χ0n) is 19.5. The number of benzene rings is 1. The van der Waals surface area contributed by atoms with Gasteiger partial charge in [0, 0.05) is 41.2 Å². The third kappa shape index (κ3) is 4.63. The molecule has 4 rings (SSSR count). The fourth-order valence-corrected chi connectivity index (χ4v) is 4.78. The molecule has 32 heavy (non-hydrogen) atoms. The molecule has 1 atom stereocenters. The van der Waals surface area contributed by atoms with Crippen molar-refractivity contribution in [2.24, 2.45) is 0 Å². The van der Waals surface area contributed by atoms with Crippen LogP contribution in [0.5, 0.6) is 5.75 Å². The normalized spacial score (nSPS) is 22.7. The summed E-state index contributed by atoms with van der Waals surface area (Å²) in [6.07, 6.45) is 10.4. The lowest BCUT2D eigenvalue weighted by molar-refractivity contribution is 0.118. The summed E-state index contributed by atoms with van der Waals surface area (Å²) in [7, 11) is 3.58. The Hall–Kier alpha value is -2.54. The van der Waals surface area contributed by atoms with Crippen molar-refractivity contribution in [1.29, 1.82) is 5.41 Å². The molecule has 2 fully saturated rings. The minimum absolute atomic E-state index is 0.0706. The number of fused-ring (bicyclic) bond motifs is 1. The molecule has 0 aromatic heterocycles. The number of piperidine rings is 1. The molecule has 1 aromatic rings. The Balaban J connectivity index is 1.68. The fourth-order valence-electron chi connectivity index (χ4n) is 4.78. The van der Waals surface area contributed by atoms with Gasteiger partial charge in [0.1, 0.15) is 5.75 Å². The van der Waals surface area contributed by atoms with Gasteiger partial charge in [-0.05, 0) is 84.1 Å². The zero-order valence-corrected chi connectivity index (χ0v) is 19.5. The summed E-state index contributed by atoms with van der Waals surface area (Å²) in [6.45, 7) is 4.22. The van der Waals surface area contributed by atoms with E-state index in [0.717, 1.165) is 79.8 Å². The first-order chi connectivity index (χ1) is 15.5. The Morgan fingerprint density at radius 2 is 1.94 bits per heavy atom. The van der Waals surface area contributed by atoms with Crippen molar-refractivity contribution in [2.45, 2.75) is 70.1 Å². The van der Waals surface area contributed by atoms with E-state index in [1.54, 1.807) is 4.90 Å². The Bertz CT molecular complexity index is 872. The van der Waals surface area contributed by atoms with E-state index in [-0.39, 0.29) is 18.2 Å². The average Bonchev–Trinajstić information content (AvgIpc) is 2.77. The monoisotopic (exact) mass is 440 g/mol. The molecule has 2 N–H and O–H groups in total. The van der Waals surface area contributed by atoms with Crippen LogP contribution in [0.3, 0.4) is 0 Å². The van der Waals surface area contributed by atoms with Gasteiger partial charge in [-0.3, -0.25) is 4.90 Å². The van der Waals surface area contributed by atoms with Crippen LogP contribution < -0.4 is 15.0 Å². The molecule has 0 unspecified atom stereocenters. The summed E-state index contributed by atoms with van der Waals surface area (Å²) in [6, 6.07) is 4.47. The van der Waals surface area contributed by atoms with Crippen LogP contribution in [0.1, 0.15) is 56.6 Å². The SMILES string of the molecule is COC(=O)N1c2ccc(/C(C=N)=C/NC3CCN(C)CC3)c(OC3CCC3)c2CC[C@@H]1C. The minimum Gasteiger partial charge on any atom is -0.489 e. The maximum absolute atomic E-state index is 12.5. The van der Waals surface area contributed by atoms with Crippen molar-refractivity contribution in [3.8, 4) is 5.75 Å². The van der Waals surface area contributed by atoms with Gasteiger partial charge in [0.15, 0.2) is 0 Å². The van der Waals surface area contributed by atoms with Gasteiger partial charge in [0.05, 0.1) is 18.9 Å². The van der Waals surface area contributed by atoms with Crippen LogP contribution in [0, 0.1) is 5.41 Å². The number of hydrogen-bond donors (Lipinski definition) is 2. The van der Waals surface area contributed by atoms with E-state index >= 15 is 0 Å². The first kappa shape index (κ1) is 22.6. The van der Waals surface area contributed by atoms with Gasteiger partial charge in [-0.25, -0.2) is 4.79 Å². The molecule has 1 saturated carbocycles. The predicted octanol–water partition coefficient (Wildman–Crippen LogP) is 4.20. The van der Waals surface area contributed by atoms with Crippen molar-refractivity contribution >= 4 is 23.6 Å². The molecule has 1 amide bonds. The lowest BCUT2D eigenvalue weighted by atomic mass is 9.91. The molecule has 1 aromatic carbocycles. The van der Waals surface area contributed by atoms with E-state index in [9.17, 15) is 4.79 Å². The number of nitrogens with zero attached hydrogens (tertiary/aromatic N) is 2. The second kappa shape index (κ2) is 9.94. The molecule has 1 aliphatic carbocycles. The molecule has 0 bridgehead atoms. The van der Waals surface area contributed by atoms with Gasteiger partial charge in [-0.2, -0.15) is 0 Å². The van der Waals surface area contributed by atoms with Crippen LogP contribution in [0.25, 0.3) is 5.57 Å². The van der Waals surface area contributed by atoms with Crippen molar-refractivity contribution in [3.63, 3.8) is 0 Å². The van der Waals surface area contributed by atoms with E-state index in [2.05, 4.69) is 24.2 Å². The Labute approximate surface area is 191 Å². The molecule has 3 aliphatic rings. The second-order valence-electron chi connectivity index (χ2n) is 9.33. The van der Waals surface area contributed by atoms with E-state index in [0.29, 0.717) is 6.04 Å². The van der Waals surface area contributed by atoms with E-state index in [4.69, 9.17) is 14.9 Å². The number of methoxy groups -OCH3 is 1. The molecule has 0 radical (unpaired) electrons. The van der Waals surface area contributed by atoms with Crippen LogP contribution in [0.2, 0.25) is 0 Å². The van der Waals surface area contributed by atoms with Crippen LogP contribution >= 0.6 is 0 Å². The van der Waals surface area contributed by atoms with E-state index in [1.807, 2.05) is 18.3 Å². The lowest BCUT2D eigenvalue weighted by Crippen LogP contribution is -2.42. The quantitative estimate of drug-likeness (QED) is 0.648. The highest BCUT2D eigenvalue weighted by atomic mass is 16.5. The summed E-state index contributed by atoms with van der Waals surface area (Å²) in [5.41, 5.74) is 3.64. The van der Waals surface area contributed by atoms with Crippen molar-refractivity contribution in [2.75, 3.05) is 32.1 Å². The van der Waals surface area contributed by atoms with Crippen molar-refractivity contribution in [3.05, 3.63) is 29.5 Å². The van der Waals surface area contributed by atoms with Crippen LogP contribution in [-0.2, 0) is 11.2 Å². The molecular weight excluding hydrogens is 404 g/mol. The Morgan fingerprint density at radius 1 is 1.19 bits per heavy atom. The number of carbonyl (C=O) groups excluding carboxylic acids is 1. The highest BCUT2D eigenvalue weighted by Crippen LogP contribution is 2.43. The van der Waals surface area contributed by atoms with Gasteiger partial charge in [-0.15, -0.1) is 0 Å². The van der Waals surface area contributed by atoms with Gasteiger partial charge >= 0.3 is 6.09 Å². The number of hydrogen-bond acceptors (Lipinski definition) is 6. The summed E-state index contributed by atoms with van der Waals surface area (Å²) in [5.74, 6) is 0.827. The lowest BCUT2D eigenvalue weighted by Gasteiger charge is -2.37. The van der Waals surface area contributed by atoms with E-state index < -0.39 is 0 Å². The third-order valence-corrected chi connectivity index (χ3v) is 7.12. The molecule has 174 valence electrons. The number of rotatable bonds is 6. The standard InChI is InChI=1S/C25H36N4O3/c1-17-7-8-22-23(29(17)25(30)31-3)10-9-21(24(22)32-20-5-4-6-20)18(15-26)16-27-19-11-13-28(2)14-12-19/h9-10,15-17,19-20,26-27H,4-8,11-14H2,1-3H3/b18-16+,26-15?/t17-/m0/s1. The second-order valence-corrected chi connectivity index (χ2v) is 9.33. The molecule has 2 heterocycles. The maximum Gasteiger partial charge on any atom is 0.414 e. The molecule has 0 spiro atoms. The van der Waals surface area contributed by atoms with Crippen LogP contribution in [0.15, 0.2) is 18.3 Å². The summed E-state index contributed by atoms with van der Waals surface area (Å²) in [4.78, 5) is 16.6. The first-order valence-electron chi connectivity index (χ1n) is 11.9. The number of nitrogens with one attached hydrogen (secondary N) is 2. The maximum atomic E-state index is 12.5. The topological polar surface area (TPSA) is 77.9 Å². The number of allylic oxidation sites excluding steroid dienone is 1. The Morgan fingerprint density at radius 3 is 2.56 bits per heavy atom. The molecular formula is C25H36N4O3. The summed E-state index contributed by atoms with van der Waals surface area (Å²) >= 11 is 0. The molecule has 7 nitrogen and oxygen atoms in total. The third-order valence-electron chi connectivity index (χ3n) is 7.12. The number of carbonyl (C=O) groups is 1. The van der Waals surface area contributed by atoms with E-state index in [1.165, 1.54) is 19.7 Å². The first-order valence-corrected chi connectivity index (χ1v) is 11.9. The molecule has 1 saturated heterocycles. The molecule has 2 aliphatic heterocycles.